The highest BCUT2D eigenvalue weighted by Gasteiger charge is 2.34. The number of rotatable bonds is 5. The first-order valence-electron chi connectivity index (χ1n) is 9.66. The van der Waals surface area contributed by atoms with Gasteiger partial charge in [-0.2, -0.15) is 0 Å². The van der Waals surface area contributed by atoms with Crippen LogP contribution in [0.1, 0.15) is 13.8 Å². The summed E-state index contributed by atoms with van der Waals surface area (Å²) < 4.78 is 11.1. The van der Waals surface area contributed by atoms with E-state index in [2.05, 4.69) is 0 Å². The molecule has 158 valence electrons. The quantitative estimate of drug-likeness (QED) is 0.452. The Morgan fingerprint density at radius 2 is 1.45 bits per heavy atom. The van der Waals surface area contributed by atoms with Crippen molar-refractivity contribution in [1.29, 1.82) is 0 Å². The van der Waals surface area contributed by atoms with Crippen molar-refractivity contribution in [3.8, 4) is 5.75 Å². The minimum Gasteiger partial charge on any atom is -0.476 e. The van der Waals surface area contributed by atoms with Crippen LogP contribution in [-0.2, 0) is 14.3 Å². The molecular formula is C24H20ClNO4S. The van der Waals surface area contributed by atoms with E-state index in [0.29, 0.717) is 10.8 Å². The lowest BCUT2D eigenvalue weighted by atomic mass is 10.1. The third kappa shape index (κ3) is 4.55. The molecule has 0 saturated carbocycles. The van der Waals surface area contributed by atoms with Gasteiger partial charge in [-0.3, -0.25) is 9.69 Å². The average molecular weight is 454 g/mol. The minimum atomic E-state index is -1.28. The molecule has 31 heavy (non-hydrogen) atoms. The number of amides is 1. The molecule has 0 radical (unpaired) electrons. The Morgan fingerprint density at radius 1 is 0.903 bits per heavy atom. The van der Waals surface area contributed by atoms with E-state index in [9.17, 15) is 9.59 Å². The van der Waals surface area contributed by atoms with Crippen molar-refractivity contribution in [2.24, 2.45) is 0 Å². The third-order valence-electron chi connectivity index (χ3n) is 4.69. The van der Waals surface area contributed by atoms with Crippen LogP contribution >= 0.6 is 23.4 Å². The lowest BCUT2D eigenvalue weighted by molar-refractivity contribution is -0.161. The molecule has 1 amide bonds. The second kappa shape index (κ2) is 8.65. The summed E-state index contributed by atoms with van der Waals surface area (Å²) in [7, 11) is 0. The summed E-state index contributed by atoms with van der Waals surface area (Å²) in [6.45, 7) is 2.78. The van der Waals surface area contributed by atoms with Gasteiger partial charge in [0, 0.05) is 14.8 Å². The number of halogens is 1. The zero-order chi connectivity index (χ0) is 22.0. The maximum atomic E-state index is 13.1. The summed E-state index contributed by atoms with van der Waals surface area (Å²) in [5.41, 5.74) is 0.259. The van der Waals surface area contributed by atoms with E-state index in [0.717, 1.165) is 21.2 Å². The number of fused-ring (bicyclic) bond motifs is 2. The van der Waals surface area contributed by atoms with Crippen molar-refractivity contribution in [1.82, 2.24) is 0 Å². The highest BCUT2D eigenvalue weighted by atomic mass is 35.5. The Labute approximate surface area is 189 Å². The highest BCUT2D eigenvalue weighted by molar-refractivity contribution is 7.99. The lowest BCUT2D eigenvalue weighted by Gasteiger charge is -2.31. The fourth-order valence-corrected chi connectivity index (χ4v) is 4.36. The number of para-hydroxylation sites is 2. The zero-order valence-electron chi connectivity index (χ0n) is 17.0. The monoisotopic (exact) mass is 453 g/mol. The molecule has 0 aromatic heterocycles. The molecule has 0 aliphatic carbocycles. The topological polar surface area (TPSA) is 55.8 Å². The predicted molar refractivity (Wildman–Crippen MR) is 121 cm³/mol. The molecular weight excluding hydrogens is 434 g/mol. The van der Waals surface area contributed by atoms with Gasteiger partial charge in [-0.1, -0.05) is 47.6 Å². The zero-order valence-corrected chi connectivity index (χ0v) is 18.6. The third-order valence-corrected chi connectivity index (χ3v) is 6.07. The second-order valence-electron chi connectivity index (χ2n) is 7.41. The molecule has 3 aromatic carbocycles. The standard InChI is InChI=1S/C24H20ClNO4S/c1-24(2,30-17-13-11-16(25)12-14-17)23(28)29-15-22(27)26-18-7-3-5-9-20(18)31-21-10-6-4-8-19(21)26/h3-14H,15H2,1-2H3. The van der Waals surface area contributed by atoms with Gasteiger partial charge in [0.05, 0.1) is 11.4 Å². The molecule has 1 heterocycles. The molecule has 7 heteroatoms. The number of esters is 1. The normalized spacial score (nSPS) is 12.5. The van der Waals surface area contributed by atoms with Crippen LogP contribution in [0.15, 0.2) is 82.6 Å². The van der Waals surface area contributed by atoms with Crippen molar-refractivity contribution >= 4 is 46.6 Å². The Balaban J connectivity index is 1.49. The first-order chi connectivity index (χ1) is 14.8. The Morgan fingerprint density at radius 3 is 2.03 bits per heavy atom. The van der Waals surface area contributed by atoms with E-state index in [1.807, 2.05) is 48.5 Å². The molecule has 1 aliphatic rings. The molecule has 0 spiro atoms. The number of anilines is 2. The van der Waals surface area contributed by atoms with E-state index in [4.69, 9.17) is 21.1 Å². The van der Waals surface area contributed by atoms with Crippen molar-refractivity contribution in [2.75, 3.05) is 11.5 Å². The van der Waals surface area contributed by atoms with Gasteiger partial charge in [0.15, 0.2) is 12.2 Å². The van der Waals surface area contributed by atoms with Crippen LogP contribution in [0.25, 0.3) is 0 Å². The number of nitrogens with zero attached hydrogens (tertiary/aromatic N) is 1. The van der Waals surface area contributed by atoms with Crippen molar-refractivity contribution in [3.63, 3.8) is 0 Å². The summed E-state index contributed by atoms with van der Waals surface area (Å²) in [6, 6.07) is 22.0. The highest BCUT2D eigenvalue weighted by Crippen LogP contribution is 2.47. The fourth-order valence-electron chi connectivity index (χ4n) is 3.18. The Kier molecular flexibility index (Phi) is 5.94. The lowest BCUT2D eigenvalue weighted by Crippen LogP contribution is -2.42. The summed E-state index contributed by atoms with van der Waals surface area (Å²) in [4.78, 5) is 29.3. The van der Waals surface area contributed by atoms with Crippen LogP contribution in [0.5, 0.6) is 5.75 Å². The molecule has 5 nitrogen and oxygen atoms in total. The van der Waals surface area contributed by atoms with Gasteiger partial charge in [-0.25, -0.2) is 4.79 Å². The number of carbonyl (C=O) groups excluding carboxylic acids is 2. The van der Waals surface area contributed by atoms with E-state index >= 15 is 0 Å². The van der Waals surface area contributed by atoms with Crippen LogP contribution in [0, 0.1) is 0 Å². The molecule has 3 aromatic rings. The molecule has 0 atom stereocenters. The van der Waals surface area contributed by atoms with E-state index in [-0.39, 0.29) is 5.91 Å². The number of carbonyl (C=O) groups is 2. The smallest absolute Gasteiger partial charge is 0.350 e. The van der Waals surface area contributed by atoms with Gasteiger partial charge in [0.25, 0.3) is 5.91 Å². The van der Waals surface area contributed by atoms with Crippen LogP contribution in [0.3, 0.4) is 0 Å². The number of benzene rings is 3. The van der Waals surface area contributed by atoms with Crippen LogP contribution in [0.4, 0.5) is 11.4 Å². The Bertz CT molecular complexity index is 1080. The van der Waals surface area contributed by atoms with Crippen molar-refractivity contribution in [2.45, 2.75) is 29.2 Å². The van der Waals surface area contributed by atoms with Gasteiger partial charge in [-0.15, -0.1) is 0 Å². The van der Waals surface area contributed by atoms with Gasteiger partial charge >= 0.3 is 5.97 Å². The van der Waals surface area contributed by atoms with Crippen LogP contribution < -0.4 is 9.64 Å². The van der Waals surface area contributed by atoms with Crippen molar-refractivity contribution in [3.05, 3.63) is 77.8 Å². The first kappa shape index (κ1) is 21.3. The SMILES string of the molecule is CC(C)(Oc1ccc(Cl)cc1)C(=O)OCC(=O)N1c2ccccc2Sc2ccccc21. The maximum Gasteiger partial charge on any atom is 0.350 e. The predicted octanol–water partition coefficient (Wildman–Crippen LogP) is 5.87. The molecule has 0 N–H and O–H groups in total. The van der Waals surface area contributed by atoms with E-state index < -0.39 is 18.2 Å². The number of hydrogen-bond acceptors (Lipinski definition) is 5. The van der Waals surface area contributed by atoms with Crippen LogP contribution in [0.2, 0.25) is 5.02 Å². The molecule has 4 rings (SSSR count). The summed E-state index contributed by atoms with van der Waals surface area (Å²) in [6.07, 6.45) is 0. The number of ether oxygens (including phenoxy) is 2. The summed E-state index contributed by atoms with van der Waals surface area (Å²) >= 11 is 7.49. The molecule has 1 aliphatic heterocycles. The minimum absolute atomic E-state index is 0.337. The molecule has 0 unspecified atom stereocenters. The van der Waals surface area contributed by atoms with Crippen LogP contribution in [-0.4, -0.2) is 24.1 Å². The fraction of sp³-hybridized carbons (Fsp3) is 0.167. The molecule has 0 bridgehead atoms. The first-order valence-corrected chi connectivity index (χ1v) is 10.9. The summed E-state index contributed by atoms with van der Waals surface area (Å²) in [5.74, 6) is -0.492. The van der Waals surface area contributed by atoms with Gasteiger partial charge in [-0.05, 0) is 62.4 Å². The van der Waals surface area contributed by atoms with Gasteiger partial charge in [0.2, 0.25) is 0 Å². The maximum absolute atomic E-state index is 13.1. The average Bonchev–Trinajstić information content (AvgIpc) is 2.77. The summed E-state index contributed by atoms with van der Waals surface area (Å²) in [5, 5.41) is 0.568. The largest absolute Gasteiger partial charge is 0.476 e. The van der Waals surface area contributed by atoms with E-state index in [1.165, 1.54) is 0 Å². The van der Waals surface area contributed by atoms with Gasteiger partial charge < -0.3 is 9.47 Å². The van der Waals surface area contributed by atoms with Crippen molar-refractivity contribution < 1.29 is 19.1 Å². The molecule has 0 fully saturated rings. The number of hydrogen-bond donors (Lipinski definition) is 0. The van der Waals surface area contributed by atoms with E-state index in [1.54, 1.807) is 54.8 Å². The molecule has 0 saturated heterocycles. The second-order valence-corrected chi connectivity index (χ2v) is 8.93. The Hall–Kier alpha value is -2.96. The van der Waals surface area contributed by atoms with Gasteiger partial charge in [0.1, 0.15) is 5.75 Å².